The minimum atomic E-state index is -4.82. The molecule has 1 fully saturated rings. The zero-order valence-corrected chi connectivity index (χ0v) is 20.8. The van der Waals surface area contributed by atoms with Gasteiger partial charge in [-0.25, -0.2) is 0 Å². The van der Waals surface area contributed by atoms with Crippen LogP contribution in [0.1, 0.15) is 41.6 Å². The van der Waals surface area contributed by atoms with Gasteiger partial charge in [-0.1, -0.05) is 76.6 Å². The molecule has 3 aromatic rings. The summed E-state index contributed by atoms with van der Waals surface area (Å²) in [5, 5.41) is 0. The second-order valence-corrected chi connectivity index (χ2v) is 10.5. The van der Waals surface area contributed by atoms with Crippen molar-refractivity contribution >= 4 is 32.1 Å². The van der Waals surface area contributed by atoms with E-state index in [2.05, 4.69) is 28.1 Å². The zero-order valence-electron chi connectivity index (χ0n) is 18.4. The van der Waals surface area contributed by atoms with Crippen molar-refractivity contribution < 1.29 is 21.8 Å². The molecule has 4 rings (SSSR count). The number of ether oxygens (including phenoxy) is 1. The fourth-order valence-corrected chi connectivity index (χ4v) is 5.09. The number of nitrogens with zero attached hydrogens (tertiary/aromatic N) is 1. The standard InChI is InChI=1S/C26H25BrFNO4S/c27-24-9-5-4-8-22(24)18-33-25(21-10-12-23(13-11-21)34(28,31)32)26(30)29-16-14-20(15-17-29)19-6-2-1-3-7-19/h1-13,20,25H,14-18H2. The fraction of sp³-hybridized carbons (Fsp3) is 0.269. The Morgan fingerprint density at radius 1 is 0.971 bits per heavy atom. The van der Waals surface area contributed by atoms with Gasteiger partial charge < -0.3 is 9.64 Å². The first kappa shape index (κ1) is 24.6. The largest absolute Gasteiger partial charge is 0.359 e. The van der Waals surface area contributed by atoms with Crippen molar-refractivity contribution in [3.8, 4) is 0 Å². The van der Waals surface area contributed by atoms with E-state index in [1.165, 1.54) is 17.7 Å². The second-order valence-electron chi connectivity index (χ2n) is 8.30. The van der Waals surface area contributed by atoms with Crippen LogP contribution in [-0.2, 0) is 26.4 Å². The van der Waals surface area contributed by atoms with Crippen molar-refractivity contribution in [1.29, 1.82) is 0 Å². The molecule has 1 aliphatic rings. The maximum atomic E-state index is 13.5. The van der Waals surface area contributed by atoms with Gasteiger partial charge in [-0.3, -0.25) is 4.79 Å². The van der Waals surface area contributed by atoms with Crippen molar-refractivity contribution in [3.63, 3.8) is 0 Å². The molecule has 8 heteroatoms. The molecule has 0 N–H and O–H groups in total. The Morgan fingerprint density at radius 3 is 2.21 bits per heavy atom. The summed E-state index contributed by atoms with van der Waals surface area (Å²) in [5.74, 6) is 0.216. The molecule has 178 valence electrons. The van der Waals surface area contributed by atoms with Crippen LogP contribution < -0.4 is 0 Å². The molecule has 0 saturated carbocycles. The molecule has 3 aromatic carbocycles. The van der Waals surface area contributed by atoms with Crippen molar-refractivity contribution in [2.45, 2.75) is 36.4 Å². The molecule has 1 amide bonds. The summed E-state index contributed by atoms with van der Waals surface area (Å²) in [6.07, 6.45) is 0.772. The van der Waals surface area contributed by atoms with E-state index < -0.39 is 21.2 Å². The van der Waals surface area contributed by atoms with Crippen LogP contribution in [-0.4, -0.2) is 32.3 Å². The molecular weight excluding hydrogens is 521 g/mol. The highest BCUT2D eigenvalue weighted by Crippen LogP contribution is 2.31. The van der Waals surface area contributed by atoms with Gasteiger partial charge in [0.15, 0.2) is 6.10 Å². The lowest BCUT2D eigenvalue weighted by atomic mass is 9.89. The van der Waals surface area contributed by atoms with Crippen LogP contribution in [0.3, 0.4) is 0 Å². The third-order valence-electron chi connectivity index (χ3n) is 6.13. The first-order chi connectivity index (χ1) is 16.3. The Kier molecular flexibility index (Phi) is 7.80. The summed E-state index contributed by atoms with van der Waals surface area (Å²) in [7, 11) is -4.82. The number of carbonyl (C=O) groups excluding carboxylic acids is 1. The van der Waals surface area contributed by atoms with Gasteiger partial charge in [-0.15, -0.1) is 3.89 Å². The number of halogens is 2. The van der Waals surface area contributed by atoms with Gasteiger partial charge in [-0.2, -0.15) is 8.42 Å². The highest BCUT2D eigenvalue weighted by molar-refractivity contribution is 9.10. The third kappa shape index (κ3) is 5.92. The molecular formula is C26H25BrFNO4S. The highest BCUT2D eigenvalue weighted by atomic mass is 79.9. The van der Waals surface area contributed by atoms with Gasteiger partial charge in [0.25, 0.3) is 5.91 Å². The average Bonchev–Trinajstić information content (AvgIpc) is 2.85. The number of likely N-dealkylation sites (tertiary alicyclic amines) is 1. The first-order valence-corrected chi connectivity index (χ1v) is 13.2. The van der Waals surface area contributed by atoms with Crippen LogP contribution in [0, 0.1) is 0 Å². The van der Waals surface area contributed by atoms with E-state index in [-0.39, 0.29) is 12.5 Å². The van der Waals surface area contributed by atoms with Gasteiger partial charge in [0.2, 0.25) is 0 Å². The summed E-state index contributed by atoms with van der Waals surface area (Å²) in [4.78, 5) is 14.9. The lowest BCUT2D eigenvalue weighted by molar-refractivity contribution is -0.146. The van der Waals surface area contributed by atoms with Crippen LogP contribution >= 0.6 is 15.9 Å². The van der Waals surface area contributed by atoms with Crippen molar-refractivity contribution in [2.24, 2.45) is 0 Å². The zero-order chi connectivity index (χ0) is 24.1. The van der Waals surface area contributed by atoms with Crippen molar-refractivity contribution in [3.05, 3.63) is 100 Å². The van der Waals surface area contributed by atoms with E-state index in [0.717, 1.165) is 35.0 Å². The molecule has 1 atom stereocenters. The maximum absolute atomic E-state index is 13.5. The molecule has 0 bridgehead atoms. The fourth-order valence-electron chi connectivity index (χ4n) is 4.23. The molecule has 1 heterocycles. The van der Waals surface area contributed by atoms with Crippen molar-refractivity contribution in [1.82, 2.24) is 4.90 Å². The van der Waals surface area contributed by atoms with Crippen LogP contribution in [0.2, 0.25) is 0 Å². The van der Waals surface area contributed by atoms with E-state index >= 15 is 0 Å². The highest BCUT2D eigenvalue weighted by Gasteiger charge is 2.31. The summed E-state index contributed by atoms with van der Waals surface area (Å²) in [6.45, 7) is 1.38. The quantitative estimate of drug-likeness (QED) is 0.353. The van der Waals surface area contributed by atoms with E-state index in [4.69, 9.17) is 4.74 Å². The van der Waals surface area contributed by atoms with Crippen LogP contribution in [0.5, 0.6) is 0 Å². The number of benzene rings is 3. The molecule has 0 spiro atoms. The molecule has 1 unspecified atom stereocenters. The molecule has 0 aliphatic carbocycles. The van der Waals surface area contributed by atoms with Crippen LogP contribution in [0.4, 0.5) is 3.89 Å². The number of hydrogen-bond acceptors (Lipinski definition) is 4. The first-order valence-electron chi connectivity index (χ1n) is 11.1. The van der Waals surface area contributed by atoms with Crippen molar-refractivity contribution in [2.75, 3.05) is 13.1 Å². The molecule has 1 saturated heterocycles. The second kappa shape index (κ2) is 10.8. The molecule has 5 nitrogen and oxygen atoms in total. The summed E-state index contributed by atoms with van der Waals surface area (Å²) in [5.41, 5.74) is 2.64. The Hall–Kier alpha value is -2.55. The van der Waals surface area contributed by atoms with Gasteiger partial charge >= 0.3 is 10.2 Å². The van der Waals surface area contributed by atoms with E-state index in [9.17, 15) is 17.1 Å². The molecule has 0 radical (unpaired) electrons. The number of rotatable bonds is 7. The lowest BCUT2D eigenvalue weighted by Gasteiger charge is -2.34. The van der Waals surface area contributed by atoms with E-state index in [1.807, 2.05) is 42.5 Å². The average molecular weight is 546 g/mol. The van der Waals surface area contributed by atoms with Crippen LogP contribution in [0.15, 0.2) is 88.2 Å². The Bertz CT molecular complexity index is 1230. The Labute approximate surface area is 207 Å². The molecule has 1 aliphatic heterocycles. The summed E-state index contributed by atoms with van der Waals surface area (Å²) < 4.78 is 42.7. The van der Waals surface area contributed by atoms with Gasteiger partial charge in [0.1, 0.15) is 0 Å². The van der Waals surface area contributed by atoms with E-state index in [0.29, 0.717) is 24.6 Å². The third-order valence-corrected chi connectivity index (χ3v) is 7.74. The minimum Gasteiger partial charge on any atom is -0.359 e. The Balaban J connectivity index is 1.52. The predicted octanol–water partition coefficient (Wildman–Crippen LogP) is 5.77. The minimum absolute atomic E-state index is 0.182. The monoisotopic (exact) mass is 545 g/mol. The number of amides is 1. The number of carbonyl (C=O) groups is 1. The number of hydrogen-bond donors (Lipinski definition) is 0. The number of piperidine rings is 1. The normalized spacial score (nSPS) is 15.8. The Morgan fingerprint density at radius 2 is 1.59 bits per heavy atom. The SMILES string of the molecule is O=C(C(OCc1ccccc1Br)c1ccc(S(=O)(=O)F)cc1)N1CCC(c2ccccc2)CC1. The van der Waals surface area contributed by atoms with Gasteiger partial charge in [-0.05, 0) is 53.6 Å². The predicted molar refractivity (Wildman–Crippen MR) is 131 cm³/mol. The van der Waals surface area contributed by atoms with E-state index in [1.54, 1.807) is 4.90 Å². The van der Waals surface area contributed by atoms with Gasteiger partial charge in [0.05, 0.1) is 11.5 Å². The smallest absolute Gasteiger partial charge is 0.332 e. The van der Waals surface area contributed by atoms with Gasteiger partial charge in [0, 0.05) is 17.6 Å². The summed E-state index contributed by atoms with van der Waals surface area (Å²) >= 11 is 3.49. The lowest BCUT2D eigenvalue weighted by Crippen LogP contribution is -2.41. The molecule has 34 heavy (non-hydrogen) atoms. The summed E-state index contributed by atoms with van der Waals surface area (Å²) in [6, 6.07) is 23.0. The van der Waals surface area contributed by atoms with Crippen LogP contribution in [0.25, 0.3) is 0 Å². The molecule has 0 aromatic heterocycles. The maximum Gasteiger partial charge on any atom is 0.332 e. The topological polar surface area (TPSA) is 63.7 Å².